The normalized spacial score (nSPS) is 10.1. The fraction of sp³-hybridized carbons (Fsp3) is 0.0833. The number of nitrogen functional groups attached to an aromatic ring is 1. The molecule has 0 aliphatic rings. The molecule has 1 heterocycles. The number of nitrogens with zero attached hydrogens (tertiary/aromatic N) is 1. The van der Waals surface area contributed by atoms with Gasteiger partial charge in [0, 0.05) is 11.9 Å². The molecule has 0 bridgehead atoms. The summed E-state index contributed by atoms with van der Waals surface area (Å²) in [6, 6.07) is 9.32. The van der Waals surface area contributed by atoms with E-state index in [9.17, 15) is 0 Å². The molecule has 1 aromatic carbocycles. The predicted octanol–water partition coefficient (Wildman–Crippen LogP) is 1.90. The molecule has 1 aromatic heterocycles. The maximum absolute atomic E-state index is 8.91. The molecule has 0 fully saturated rings. The van der Waals surface area contributed by atoms with Gasteiger partial charge in [0.15, 0.2) is 0 Å². The number of aromatic nitrogens is 1. The first-order valence-electron chi connectivity index (χ1n) is 4.96. The third-order valence-corrected chi connectivity index (χ3v) is 2.27. The number of anilines is 3. The van der Waals surface area contributed by atoms with E-state index in [1.165, 1.54) is 0 Å². The van der Waals surface area contributed by atoms with Crippen molar-refractivity contribution >= 4 is 17.1 Å². The van der Waals surface area contributed by atoms with Crippen molar-refractivity contribution in [2.75, 3.05) is 11.1 Å². The first-order valence-corrected chi connectivity index (χ1v) is 4.96. The Bertz CT molecular complexity index is 468. The van der Waals surface area contributed by atoms with Crippen LogP contribution >= 0.6 is 0 Å². The number of nitrogens with one attached hydrogen (secondary N) is 1. The Kier molecular flexibility index (Phi) is 3.03. The summed E-state index contributed by atoms with van der Waals surface area (Å²) in [5, 5.41) is 12.1. The van der Waals surface area contributed by atoms with Crippen LogP contribution in [0.5, 0.6) is 0 Å². The van der Waals surface area contributed by atoms with Crippen LogP contribution in [-0.2, 0) is 6.61 Å². The molecule has 0 spiro atoms. The minimum Gasteiger partial charge on any atom is -0.396 e. The van der Waals surface area contributed by atoms with Gasteiger partial charge in [0.05, 0.1) is 24.2 Å². The van der Waals surface area contributed by atoms with Crippen molar-refractivity contribution in [2.45, 2.75) is 6.61 Å². The fourth-order valence-electron chi connectivity index (χ4n) is 1.37. The molecule has 16 heavy (non-hydrogen) atoms. The van der Waals surface area contributed by atoms with Gasteiger partial charge in [0.2, 0.25) is 0 Å². The Morgan fingerprint density at radius 3 is 2.56 bits per heavy atom. The summed E-state index contributed by atoms with van der Waals surface area (Å²) in [5.74, 6) is 0. The van der Waals surface area contributed by atoms with Gasteiger partial charge in [0.1, 0.15) is 0 Å². The maximum Gasteiger partial charge on any atom is 0.0739 e. The minimum absolute atomic E-state index is 0.0532. The maximum atomic E-state index is 8.91. The lowest BCUT2D eigenvalue weighted by Crippen LogP contribution is -1.96. The predicted molar refractivity (Wildman–Crippen MR) is 64.3 cm³/mol. The van der Waals surface area contributed by atoms with Crippen LogP contribution in [0, 0.1) is 0 Å². The van der Waals surface area contributed by atoms with Crippen molar-refractivity contribution in [3.05, 3.63) is 48.3 Å². The number of aliphatic hydroxyl groups is 1. The minimum atomic E-state index is 0.0532. The van der Waals surface area contributed by atoms with Crippen molar-refractivity contribution < 1.29 is 5.11 Å². The number of nitrogens with two attached hydrogens (primary N) is 1. The highest BCUT2D eigenvalue weighted by Gasteiger charge is 1.98. The van der Waals surface area contributed by atoms with Crippen molar-refractivity contribution in [3.8, 4) is 0 Å². The summed E-state index contributed by atoms with van der Waals surface area (Å²) in [4.78, 5) is 3.92. The second-order valence-corrected chi connectivity index (χ2v) is 3.44. The Balaban J connectivity index is 2.18. The number of hydrogen-bond acceptors (Lipinski definition) is 4. The molecule has 0 saturated heterocycles. The van der Waals surface area contributed by atoms with Gasteiger partial charge in [-0.2, -0.15) is 0 Å². The zero-order valence-corrected chi connectivity index (χ0v) is 8.72. The van der Waals surface area contributed by atoms with Crippen LogP contribution in [0.15, 0.2) is 42.7 Å². The second kappa shape index (κ2) is 4.63. The third-order valence-electron chi connectivity index (χ3n) is 2.27. The fourth-order valence-corrected chi connectivity index (χ4v) is 1.37. The monoisotopic (exact) mass is 215 g/mol. The summed E-state index contributed by atoms with van der Waals surface area (Å²) in [6.07, 6.45) is 3.28. The van der Waals surface area contributed by atoms with Gasteiger partial charge in [-0.05, 0) is 23.8 Å². The molecule has 82 valence electrons. The van der Waals surface area contributed by atoms with Crippen LogP contribution in [0.4, 0.5) is 17.1 Å². The van der Waals surface area contributed by atoms with Crippen molar-refractivity contribution in [1.29, 1.82) is 0 Å². The van der Waals surface area contributed by atoms with Gasteiger partial charge in [-0.3, -0.25) is 4.98 Å². The molecule has 0 unspecified atom stereocenters. The van der Waals surface area contributed by atoms with E-state index >= 15 is 0 Å². The van der Waals surface area contributed by atoms with Crippen LogP contribution in [0.2, 0.25) is 0 Å². The summed E-state index contributed by atoms with van der Waals surface area (Å²) in [7, 11) is 0. The van der Waals surface area contributed by atoms with Crippen LogP contribution < -0.4 is 11.1 Å². The number of aliphatic hydroxyl groups excluding tert-OH is 1. The largest absolute Gasteiger partial charge is 0.396 e. The topological polar surface area (TPSA) is 71.2 Å². The molecular weight excluding hydrogens is 202 g/mol. The molecule has 0 aliphatic carbocycles. The van der Waals surface area contributed by atoms with Crippen molar-refractivity contribution in [1.82, 2.24) is 4.98 Å². The van der Waals surface area contributed by atoms with Gasteiger partial charge < -0.3 is 16.2 Å². The highest BCUT2D eigenvalue weighted by molar-refractivity contribution is 5.71. The number of rotatable bonds is 3. The van der Waals surface area contributed by atoms with Crippen LogP contribution in [0.25, 0.3) is 0 Å². The smallest absolute Gasteiger partial charge is 0.0739 e. The zero-order chi connectivity index (χ0) is 11.4. The molecular formula is C12H13N3O. The quantitative estimate of drug-likeness (QED) is 0.731. The lowest BCUT2D eigenvalue weighted by atomic mass is 10.2. The molecule has 2 aromatic rings. The van der Waals surface area contributed by atoms with E-state index < -0.39 is 0 Å². The zero-order valence-electron chi connectivity index (χ0n) is 8.72. The van der Waals surface area contributed by atoms with E-state index in [4.69, 9.17) is 10.8 Å². The van der Waals surface area contributed by atoms with E-state index in [0.29, 0.717) is 5.69 Å². The summed E-state index contributed by atoms with van der Waals surface area (Å²) in [6.45, 7) is 0.0532. The van der Waals surface area contributed by atoms with Crippen LogP contribution in [-0.4, -0.2) is 10.1 Å². The molecule has 2 rings (SSSR count). The summed E-state index contributed by atoms with van der Waals surface area (Å²) < 4.78 is 0. The summed E-state index contributed by atoms with van der Waals surface area (Å²) in [5.41, 5.74) is 9.00. The van der Waals surface area contributed by atoms with Crippen molar-refractivity contribution in [3.63, 3.8) is 0 Å². The molecule has 0 saturated carbocycles. The van der Waals surface area contributed by atoms with Gasteiger partial charge in [-0.1, -0.05) is 12.1 Å². The first-order chi connectivity index (χ1) is 7.79. The molecule has 4 N–H and O–H groups in total. The standard InChI is InChI=1S/C12H13N3O/c13-11-7-14-6-5-12(11)15-10-3-1-9(8-16)2-4-10/h1-7,16H,8,13H2,(H,14,15). The van der Waals surface area contributed by atoms with E-state index in [1.54, 1.807) is 12.4 Å². The van der Waals surface area contributed by atoms with Crippen molar-refractivity contribution in [2.24, 2.45) is 0 Å². The average molecular weight is 215 g/mol. The Morgan fingerprint density at radius 2 is 1.94 bits per heavy atom. The third kappa shape index (κ3) is 2.29. The molecule has 0 radical (unpaired) electrons. The molecule has 0 atom stereocenters. The first kappa shape index (κ1) is 10.4. The van der Waals surface area contributed by atoms with Gasteiger partial charge >= 0.3 is 0 Å². The van der Waals surface area contributed by atoms with E-state index in [-0.39, 0.29) is 6.61 Å². The highest BCUT2D eigenvalue weighted by Crippen LogP contribution is 2.21. The average Bonchev–Trinajstić information content (AvgIpc) is 2.33. The second-order valence-electron chi connectivity index (χ2n) is 3.44. The molecule has 4 nitrogen and oxygen atoms in total. The summed E-state index contributed by atoms with van der Waals surface area (Å²) >= 11 is 0. The molecule has 0 aliphatic heterocycles. The lowest BCUT2D eigenvalue weighted by molar-refractivity contribution is 0.282. The number of pyridine rings is 1. The van der Waals surface area contributed by atoms with E-state index in [2.05, 4.69) is 10.3 Å². The lowest BCUT2D eigenvalue weighted by Gasteiger charge is -2.08. The van der Waals surface area contributed by atoms with Crippen LogP contribution in [0.1, 0.15) is 5.56 Å². The van der Waals surface area contributed by atoms with Gasteiger partial charge in [-0.25, -0.2) is 0 Å². The number of hydrogen-bond donors (Lipinski definition) is 3. The van der Waals surface area contributed by atoms with E-state index in [0.717, 1.165) is 16.9 Å². The Hall–Kier alpha value is -2.07. The SMILES string of the molecule is Nc1cnccc1Nc1ccc(CO)cc1. The van der Waals surface area contributed by atoms with Crippen LogP contribution in [0.3, 0.4) is 0 Å². The number of benzene rings is 1. The van der Waals surface area contributed by atoms with Gasteiger partial charge in [-0.15, -0.1) is 0 Å². The van der Waals surface area contributed by atoms with Gasteiger partial charge in [0.25, 0.3) is 0 Å². The Morgan fingerprint density at radius 1 is 1.19 bits per heavy atom. The highest BCUT2D eigenvalue weighted by atomic mass is 16.3. The van der Waals surface area contributed by atoms with E-state index in [1.807, 2.05) is 30.3 Å². The molecule has 0 amide bonds. The Labute approximate surface area is 93.8 Å². The molecule has 4 heteroatoms.